The Morgan fingerprint density at radius 2 is 0.900 bits per heavy atom. The van der Waals surface area contributed by atoms with Gasteiger partial charge >= 0.3 is 0 Å². The molecular weight excluding hydrogens is 881 g/mol. The molecule has 374 valence electrons. The first-order valence-corrected chi connectivity index (χ1v) is 25.3. The Balaban J connectivity index is 1.16. The first kappa shape index (κ1) is 53.0. The van der Waals surface area contributed by atoms with Gasteiger partial charge in [-0.3, -0.25) is 28.8 Å². The maximum Gasteiger partial charge on any atom is 0.253 e. The van der Waals surface area contributed by atoms with Gasteiger partial charge in [-0.2, -0.15) is 0 Å². The average Bonchev–Trinajstić information content (AvgIpc) is 4.08. The van der Waals surface area contributed by atoms with E-state index in [4.69, 9.17) is 0 Å². The first-order valence-electron chi connectivity index (χ1n) is 25.3. The van der Waals surface area contributed by atoms with Crippen LogP contribution in [-0.4, -0.2) is 145 Å². The van der Waals surface area contributed by atoms with Crippen molar-refractivity contribution in [2.45, 2.75) is 115 Å². The zero-order chi connectivity index (χ0) is 50.2. The van der Waals surface area contributed by atoms with E-state index in [1.165, 1.54) is 0 Å². The summed E-state index contributed by atoms with van der Waals surface area (Å²) in [6, 6.07) is 32.6. The summed E-state index contributed by atoms with van der Waals surface area (Å²) in [5, 5.41) is 11.7. The number of rotatable bonds is 23. The molecule has 6 amide bonds. The topological polar surface area (TPSA) is 163 Å². The fraction of sp³-hybridized carbons (Fsp3) is 0.464. The molecule has 14 heteroatoms. The van der Waals surface area contributed by atoms with Crippen molar-refractivity contribution in [3.8, 4) is 11.1 Å². The number of hydrogen-bond donors (Lipinski definition) is 4. The van der Waals surface area contributed by atoms with Gasteiger partial charge in [0.2, 0.25) is 23.6 Å². The molecule has 6 atom stereocenters. The molecule has 4 aromatic rings. The van der Waals surface area contributed by atoms with Gasteiger partial charge in [0, 0.05) is 62.5 Å². The Morgan fingerprint density at radius 3 is 1.23 bits per heavy atom. The molecule has 2 saturated heterocycles. The summed E-state index contributed by atoms with van der Waals surface area (Å²) in [6.45, 7) is 10.1. The van der Waals surface area contributed by atoms with E-state index in [-0.39, 0.29) is 47.5 Å². The minimum atomic E-state index is -0.649. The van der Waals surface area contributed by atoms with E-state index >= 15 is 0 Å². The second-order valence-corrected chi connectivity index (χ2v) is 18.7. The Morgan fingerprint density at radius 1 is 0.543 bits per heavy atom. The van der Waals surface area contributed by atoms with Crippen LogP contribution in [0.15, 0.2) is 109 Å². The van der Waals surface area contributed by atoms with Crippen LogP contribution in [0.4, 0.5) is 0 Å². The van der Waals surface area contributed by atoms with Crippen LogP contribution in [0.5, 0.6) is 0 Å². The lowest BCUT2D eigenvalue weighted by molar-refractivity contribution is -0.138. The number of amides is 6. The second-order valence-electron chi connectivity index (χ2n) is 18.7. The minimum absolute atomic E-state index is 0.120. The van der Waals surface area contributed by atoms with Crippen molar-refractivity contribution in [2.24, 2.45) is 0 Å². The molecule has 2 heterocycles. The summed E-state index contributed by atoms with van der Waals surface area (Å²) in [4.78, 5) is 89.6. The molecule has 70 heavy (non-hydrogen) atoms. The van der Waals surface area contributed by atoms with Gasteiger partial charge < -0.3 is 40.9 Å². The van der Waals surface area contributed by atoms with Crippen LogP contribution in [0.2, 0.25) is 0 Å². The van der Waals surface area contributed by atoms with E-state index in [2.05, 4.69) is 45.5 Å². The van der Waals surface area contributed by atoms with Crippen LogP contribution in [0.25, 0.3) is 11.1 Å². The Hall–Kier alpha value is -6.38. The van der Waals surface area contributed by atoms with E-state index in [0.717, 1.165) is 47.9 Å². The van der Waals surface area contributed by atoms with Gasteiger partial charge in [0.1, 0.15) is 12.1 Å². The number of likely N-dealkylation sites (tertiary alicyclic amines) is 2. The SMILES string of the molecule is CC[C@H](NC(=O)[C@H](C)NC)C(=O)N1CCC[C@@H]1CN(CCc1ccccc1)C(=O)c1ccc(-c2ccc(C(=O)N(CCc3ccccc3)C[C@@H]3CCCN3C(=O)[C@H](CC)NC(=O)[C@H](C)NC)cc2)cc1. The Bertz CT molecular complexity index is 2180. The standard InChI is InChI=1S/C56H74N8O6/c1-7-49(59-51(65)39(3)57-5)55(69)63-33-15-21-47(63)37-61(35-31-41-17-11-9-12-18-41)53(67)45-27-23-43(24-28-45)44-25-29-46(30-26-44)54(68)62(36-32-42-19-13-10-14-20-42)38-48-22-16-34-64(48)56(70)50(8-2)60-52(66)40(4)58-6/h9-14,17-20,23-30,39-40,47-50,57-58H,7-8,15-16,21-22,31-38H2,1-6H3,(H,59,65)(H,60,66)/t39-,40-,47-,48+,49-,50-/m0/s1. The highest BCUT2D eigenvalue weighted by Gasteiger charge is 2.37. The molecule has 14 nitrogen and oxygen atoms in total. The van der Waals surface area contributed by atoms with Crippen LogP contribution < -0.4 is 21.3 Å². The number of likely N-dealkylation sites (N-methyl/N-ethyl adjacent to an activating group) is 2. The lowest BCUT2D eigenvalue weighted by atomic mass is 10.0. The molecule has 0 aliphatic carbocycles. The molecular formula is C56H74N8O6. The normalized spacial score (nSPS) is 17.3. The maximum atomic E-state index is 14.4. The molecule has 0 radical (unpaired) electrons. The fourth-order valence-corrected chi connectivity index (χ4v) is 9.42. The Kier molecular flexibility index (Phi) is 19.7. The largest absolute Gasteiger partial charge is 0.343 e. The average molecular weight is 955 g/mol. The van der Waals surface area contributed by atoms with Crippen molar-refractivity contribution < 1.29 is 28.8 Å². The van der Waals surface area contributed by atoms with Gasteiger partial charge in [0.25, 0.3) is 11.8 Å². The predicted molar refractivity (Wildman–Crippen MR) is 275 cm³/mol. The quantitative estimate of drug-likeness (QED) is 0.0736. The van der Waals surface area contributed by atoms with Crippen molar-refractivity contribution in [1.82, 2.24) is 40.9 Å². The number of nitrogens with zero attached hydrogens (tertiary/aromatic N) is 4. The highest BCUT2D eigenvalue weighted by molar-refractivity contribution is 5.96. The van der Waals surface area contributed by atoms with E-state index < -0.39 is 24.2 Å². The van der Waals surface area contributed by atoms with E-state index in [1.807, 2.05) is 118 Å². The number of hydrogen-bond acceptors (Lipinski definition) is 8. The molecule has 2 aliphatic rings. The second kappa shape index (κ2) is 26.0. The lowest BCUT2D eigenvalue weighted by Crippen LogP contribution is -2.54. The van der Waals surface area contributed by atoms with Gasteiger partial charge in [0.05, 0.1) is 12.1 Å². The summed E-state index contributed by atoms with van der Waals surface area (Å²) in [5.74, 6) is -0.940. The van der Waals surface area contributed by atoms with E-state index in [1.54, 1.807) is 27.9 Å². The van der Waals surface area contributed by atoms with Crippen molar-refractivity contribution in [3.05, 3.63) is 131 Å². The third kappa shape index (κ3) is 13.9. The van der Waals surface area contributed by atoms with Crippen LogP contribution in [0.3, 0.4) is 0 Å². The van der Waals surface area contributed by atoms with Gasteiger partial charge in [-0.05, 0) is 126 Å². The summed E-state index contributed by atoms with van der Waals surface area (Å²) >= 11 is 0. The van der Waals surface area contributed by atoms with Crippen molar-refractivity contribution in [3.63, 3.8) is 0 Å². The van der Waals surface area contributed by atoms with Crippen LogP contribution >= 0.6 is 0 Å². The molecule has 0 spiro atoms. The van der Waals surface area contributed by atoms with Crippen molar-refractivity contribution in [2.75, 3.05) is 53.4 Å². The highest BCUT2D eigenvalue weighted by atomic mass is 16.2. The van der Waals surface area contributed by atoms with Crippen molar-refractivity contribution in [1.29, 1.82) is 0 Å². The lowest BCUT2D eigenvalue weighted by Gasteiger charge is -2.33. The van der Waals surface area contributed by atoms with E-state index in [0.29, 0.717) is 76.1 Å². The maximum absolute atomic E-state index is 14.4. The van der Waals surface area contributed by atoms with E-state index in [9.17, 15) is 28.8 Å². The fourth-order valence-electron chi connectivity index (χ4n) is 9.42. The molecule has 0 bridgehead atoms. The number of benzene rings is 4. The zero-order valence-corrected chi connectivity index (χ0v) is 42.0. The third-order valence-corrected chi connectivity index (χ3v) is 14.1. The van der Waals surface area contributed by atoms with Crippen molar-refractivity contribution >= 4 is 35.4 Å². The number of carbonyl (C=O) groups excluding carboxylic acids is 6. The molecule has 0 unspecified atom stereocenters. The monoisotopic (exact) mass is 955 g/mol. The molecule has 4 N–H and O–H groups in total. The van der Waals surface area contributed by atoms with Gasteiger partial charge in [-0.25, -0.2) is 0 Å². The third-order valence-electron chi connectivity index (χ3n) is 14.1. The number of carbonyl (C=O) groups is 6. The predicted octanol–water partition coefficient (Wildman–Crippen LogP) is 5.71. The summed E-state index contributed by atoms with van der Waals surface area (Å²) in [5.41, 5.74) is 5.08. The summed E-state index contributed by atoms with van der Waals surface area (Å²) < 4.78 is 0. The highest BCUT2D eigenvalue weighted by Crippen LogP contribution is 2.26. The molecule has 0 aromatic heterocycles. The van der Waals surface area contributed by atoms with Crippen LogP contribution in [0, 0.1) is 0 Å². The summed E-state index contributed by atoms with van der Waals surface area (Å²) in [7, 11) is 3.42. The first-order chi connectivity index (χ1) is 33.8. The minimum Gasteiger partial charge on any atom is -0.343 e. The van der Waals surface area contributed by atoms with Gasteiger partial charge in [-0.1, -0.05) is 98.8 Å². The molecule has 6 rings (SSSR count). The smallest absolute Gasteiger partial charge is 0.253 e. The molecule has 2 aliphatic heterocycles. The van der Waals surface area contributed by atoms with Crippen LogP contribution in [0.1, 0.15) is 98.1 Å². The molecule has 0 saturated carbocycles. The van der Waals surface area contributed by atoms with Gasteiger partial charge in [-0.15, -0.1) is 0 Å². The molecule has 2 fully saturated rings. The van der Waals surface area contributed by atoms with Crippen LogP contribution in [-0.2, 0) is 32.0 Å². The van der Waals surface area contributed by atoms with Gasteiger partial charge in [0.15, 0.2) is 0 Å². The zero-order valence-electron chi connectivity index (χ0n) is 42.0. The summed E-state index contributed by atoms with van der Waals surface area (Å²) in [6.07, 6.45) is 5.39. The molecule has 4 aromatic carbocycles. The number of nitrogens with one attached hydrogen (secondary N) is 4. The Labute approximate surface area is 414 Å².